The van der Waals surface area contributed by atoms with Crippen molar-refractivity contribution in [2.75, 3.05) is 11.9 Å². The van der Waals surface area contributed by atoms with E-state index < -0.39 is 0 Å². The third-order valence-corrected chi connectivity index (χ3v) is 2.74. The Bertz CT molecular complexity index is 642. The van der Waals surface area contributed by atoms with Crippen molar-refractivity contribution < 1.29 is 4.42 Å². The van der Waals surface area contributed by atoms with Crippen LogP contribution in [-0.4, -0.2) is 21.1 Å². The maximum absolute atomic E-state index is 5.10. The summed E-state index contributed by atoms with van der Waals surface area (Å²) in [6.45, 7) is 3.04. The quantitative estimate of drug-likeness (QED) is 0.764. The largest absolute Gasteiger partial charge is 0.472 e. The average Bonchev–Trinajstić information content (AvgIpc) is 3.04. The van der Waals surface area contributed by atoms with E-state index in [2.05, 4.69) is 22.3 Å². The van der Waals surface area contributed by atoms with Gasteiger partial charge in [0.15, 0.2) is 5.65 Å². The molecule has 3 aromatic rings. The molecule has 0 saturated heterocycles. The second kappa shape index (κ2) is 4.52. The van der Waals surface area contributed by atoms with Crippen molar-refractivity contribution >= 4 is 11.5 Å². The van der Waals surface area contributed by atoms with Crippen LogP contribution in [0.1, 0.15) is 13.3 Å². The summed E-state index contributed by atoms with van der Waals surface area (Å²) in [6, 6.07) is 5.79. The Kier molecular flexibility index (Phi) is 2.72. The van der Waals surface area contributed by atoms with E-state index in [0.29, 0.717) is 0 Å². The number of furan rings is 1. The van der Waals surface area contributed by atoms with Crippen molar-refractivity contribution in [3.63, 3.8) is 0 Å². The molecule has 0 radical (unpaired) electrons. The lowest BCUT2D eigenvalue weighted by Crippen LogP contribution is -2.04. The first-order chi connectivity index (χ1) is 8.88. The van der Waals surface area contributed by atoms with E-state index in [1.807, 2.05) is 22.7 Å². The highest BCUT2D eigenvalue weighted by molar-refractivity contribution is 5.62. The maximum Gasteiger partial charge on any atom is 0.154 e. The Labute approximate surface area is 104 Å². The summed E-state index contributed by atoms with van der Waals surface area (Å²) >= 11 is 0. The van der Waals surface area contributed by atoms with Gasteiger partial charge in [-0.2, -0.15) is 0 Å². The average molecular weight is 242 g/mol. The zero-order valence-corrected chi connectivity index (χ0v) is 10.1. The Morgan fingerprint density at radius 3 is 3.06 bits per heavy atom. The maximum atomic E-state index is 5.10. The number of nitrogens with zero attached hydrogens (tertiary/aromatic N) is 3. The molecule has 1 N–H and O–H groups in total. The molecule has 0 saturated carbocycles. The minimum Gasteiger partial charge on any atom is -0.472 e. The van der Waals surface area contributed by atoms with Gasteiger partial charge in [0.05, 0.1) is 24.4 Å². The van der Waals surface area contributed by atoms with Gasteiger partial charge in [0, 0.05) is 12.1 Å². The molecular weight excluding hydrogens is 228 g/mol. The van der Waals surface area contributed by atoms with Crippen molar-refractivity contribution in [1.82, 2.24) is 14.6 Å². The summed E-state index contributed by atoms with van der Waals surface area (Å²) in [6.07, 6.45) is 6.21. The molecular formula is C13H14N4O. The molecule has 3 rings (SSSR count). The Morgan fingerprint density at radius 1 is 1.33 bits per heavy atom. The highest BCUT2D eigenvalue weighted by Crippen LogP contribution is 2.20. The lowest BCUT2D eigenvalue weighted by atomic mass is 10.3. The van der Waals surface area contributed by atoms with Gasteiger partial charge in [0.2, 0.25) is 0 Å². The van der Waals surface area contributed by atoms with E-state index in [4.69, 9.17) is 4.42 Å². The van der Waals surface area contributed by atoms with Crippen LogP contribution >= 0.6 is 0 Å². The predicted octanol–water partition coefficient (Wildman–Crippen LogP) is 2.81. The second-order valence-electron chi connectivity index (χ2n) is 4.07. The fourth-order valence-electron chi connectivity index (χ4n) is 1.83. The van der Waals surface area contributed by atoms with Crippen molar-refractivity contribution in [3.05, 3.63) is 36.9 Å². The molecule has 0 bridgehead atoms. The van der Waals surface area contributed by atoms with E-state index in [9.17, 15) is 0 Å². The smallest absolute Gasteiger partial charge is 0.154 e. The molecule has 0 amide bonds. The van der Waals surface area contributed by atoms with Gasteiger partial charge in [-0.15, -0.1) is 5.10 Å². The summed E-state index contributed by atoms with van der Waals surface area (Å²) < 4.78 is 6.92. The Morgan fingerprint density at radius 2 is 2.28 bits per heavy atom. The van der Waals surface area contributed by atoms with E-state index in [1.54, 1.807) is 18.7 Å². The summed E-state index contributed by atoms with van der Waals surface area (Å²) in [4.78, 5) is 4.33. The topological polar surface area (TPSA) is 55.4 Å². The molecule has 0 spiro atoms. The molecule has 0 aromatic carbocycles. The minimum absolute atomic E-state index is 0.827. The van der Waals surface area contributed by atoms with Gasteiger partial charge in [-0.05, 0) is 24.6 Å². The van der Waals surface area contributed by atoms with Crippen LogP contribution in [-0.2, 0) is 0 Å². The fraction of sp³-hybridized carbons (Fsp3) is 0.231. The molecule has 0 aliphatic carbocycles. The van der Waals surface area contributed by atoms with Gasteiger partial charge in [0.1, 0.15) is 5.82 Å². The zero-order chi connectivity index (χ0) is 12.4. The summed E-state index contributed by atoms with van der Waals surface area (Å²) in [5.41, 5.74) is 2.73. The second-order valence-corrected chi connectivity index (χ2v) is 4.07. The molecule has 5 heteroatoms. The first-order valence-electron chi connectivity index (χ1n) is 5.99. The summed E-state index contributed by atoms with van der Waals surface area (Å²) in [5, 5.41) is 7.80. The zero-order valence-electron chi connectivity index (χ0n) is 10.1. The van der Waals surface area contributed by atoms with Crippen molar-refractivity contribution in [2.45, 2.75) is 13.3 Å². The monoisotopic (exact) mass is 242 g/mol. The first-order valence-corrected chi connectivity index (χ1v) is 5.99. The van der Waals surface area contributed by atoms with Crippen LogP contribution in [0.5, 0.6) is 0 Å². The summed E-state index contributed by atoms with van der Waals surface area (Å²) in [5.74, 6) is 0.854. The SMILES string of the molecule is CCCNc1ccc2ncc(-c3ccoc3)n2n1. The fourth-order valence-corrected chi connectivity index (χ4v) is 1.83. The van der Waals surface area contributed by atoms with Crippen LogP contribution in [0, 0.1) is 0 Å². The number of aromatic nitrogens is 3. The van der Waals surface area contributed by atoms with Crippen LogP contribution in [0.15, 0.2) is 41.3 Å². The number of imidazole rings is 1. The first kappa shape index (κ1) is 10.8. The molecule has 0 unspecified atom stereocenters. The van der Waals surface area contributed by atoms with Crippen LogP contribution in [0.2, 0.25) is 0 Å². The van der Waals surface area contributed by atoms with E-state index in [0.717, 1.165) is 35.7 Å². The molecule has 5 nitrogen and oxygen atoms in total. The van der Waals surface area contributed by atoms with E-state index in [1.165, 1.54) is 0 Å². The third kappa shape index (κ3) is 1.84. The molecule has 92 valence electrons. The number of nitrogens with one attached hydrogen (secondary N) is 1. The van der Waals surface area contributed by atoms with Gasteiger partial charge in [-0.1, -0.05) is 6.92 Å². The molecule has 3 heterocycles. The lowest BCUT2D eigenvalue weighted by molar-refractivity contribution is 0.568. The van der Waals surface area contributed by atoms with Crippen LogP contribution in [0.25, 0.3) is 16.9 Å². The number of fused-ring (bicyclic) bond motifs is 1. The standard InChI is InChI=1S/C13H14N4O/c1-2-6-14-12-3-4-13-15-8-11(17(13)16-12)10-5-7-18-9-10/h3-5,7-9H,2,6H2,1H3,(H,14,16). The van der Waals surface area contributed by atoms with E-state index >= 15 is 0 Å². The van der Waals surface area contributed by atoms with Crippen LogP contribution < -0.4 is 5.32 Å². The number of hydrogen-bond donors (Lipinski definition) is 1. The molecule has 18 heavy (non-hydrogen) atoms. The van der Waals surface area contributed by atoms with Crippen LogP contribution in [0.3, 0.4) is 0 Å². The number of hydrogen-bond acceptors (Lipinski definition) is 4. The number of rotatable bonds is 4. The molecule has 0 atom stereocenters. The van der Waals surface area contributed by atoms with Gasteiger partial charge >= 0.3 is 0 Å². The Balaban J connectivity index is 2.05. The molecule has 3 aromatic heterocycles. The lowest BCUT2D eigenvalue weighted by Gasteiger charge is -2.04. The van der Waals surface area contributed by atoms with Gasteiger partial charge in [0.25, 0.3) is 0 Å². The van der Waals surface area contributed by atoms with Gasteiger partial charge in [-0.3, -0.25) is 0 Å². The highest BCUT2D eigenvalue weighted by Gasteiger charge is 2.08. The Hall–Kier alpha value is -2.30. The minimum atomic E-state index is 0.827. The molecule has 0 aliphatic heterocycles. The molecule has 0 aliphatic rings. The normalized spacial score (nSPS) is 10.9. The third-order valence-electron chi connectivity index (χ3n) is 2.74. The van der Waals surface area contributed by atoms with Crippen LogP contribution in [0.4, 0.5) is 5.82 Å². The van der Waals surface area contributed by atoms with Crippen molar-refractivity contribution in [1.29, 1.82) is 0 Å². The van der Waals surface area contributed by atoms with Crippen molar-refractivity contribution in [3.8, 4) is 11.3 Å². The van der Waals surface area contributed by atoms with Gasteiger partial charge in [-0.25, -0.2) is 9.50 Å². The van der Waals surface area contributed by atoms with Crippen molar-refractivity contribution in [2.24, 2.45) is 0 Å². The summed E-state index contributed by atoms with van der Waals surface area (Å²) in [7, 11) is 0. The number of anilines is 1. The van der Waals surface area contributed by atoms with E-state index in [-0.39, 0.29) is 0 Å². The molecule has 0 fully saturated rings. The van der Waals surface area contributed by atoms with Gasteiger partial charge < -0.3 is 9.73 Å². The predicted molar refractivity (Wildman–Crippen MR) is 69.5 cm³/mol. The highest BCUT2D eigenvalue weighted by atomic mass is 16.3.